The second kappa shape index (κ2) is 6.58. The summed E-state index contributed by atoms with van der Waals surface area (Å²) in [5.41, 5.74) is 1.25. The van der Waals surface area contributed by atoms with E-state index in [1.807, 2.05) is 22.5 Å². The lowest BCUT2D eigenvalue weighted by Crippen LogP contribution is -2.38. The molecule has 0 bridgehead atoms. The van der Waals surface area contributed by atoms with Crippen LogP contribution in [0.5, 0.6) is 0 Å². The first-order valence-electron chi connectivity index (χ1n) is 7.81. The van der Waals surface area contributed by atoms with Crippen LogP contribution in [0.3, 0.4) is 0 Å². The molecule has 1 aliphatic heterocycles. The van der Waals surface area contributed by atoms with E-state index in [1.54, 1.807) is 6.33 Å². The van der Waals surface area contributed by atoms with Gasteiger partial charge >= 0.3 is 0 Å². The maximum absolute atomic E-state index is 5.84. The predicted molar refractivity (Wildman–Crippen MR) is 82.0 cm³/mol. The lowest BCUT2D eigenvalue weighted by atomic mass is 10.2. The molecule has 0 N–H and O–H groups in total. The third kappa shape index (κ3) is 3.53. The van der Waals surface area contributed by atoms with Gasteiger partial charge in [-0.15, -0.1) is 10.2 Å². The number of hydrogen-bond donors (Lipinski definition) is 0. The molecule has 22 heavy (non-hydrogen) atoms. The molecule has 7 heteroatoms. The second-order valence-electron chi connectivity index (χ2n) is 6.36. The maximum atomic E-state index is 5.84. The van der Waals surface area contributed by atoms with E-state index in [9.17, 15) is 0 Å². The van der Waals surface area contributed by atoms with Crippen molar-refractivity contribution < 1.29 is 4.74 Å². The Morgan fingerprint density at radius 3 is 3.00 bits per heavy atom. The Labute approximate surface area is 130 Å². The van der Waals surface area contributed by atoms with Gasteiger partial charge < -0.3 is 9.30 Å². The third-order valence-corrected chi connectivity index (χ3v) is 3.83. The summed E-state index contributed by atoms with van der Waals surface area (Å²) >= 11 is 0. The minimum atomic E-state index is -0.00745. The molecule has 1 aliphatic rings. The summed E-state index contributed by atoms with van der Waals surface area (Å²) in [5.74, 6) is 1.50. The molecule has 120 valence electrons. The van der Waals surface area contributed by atoms with Gasteiger partial charge in [-0.2, -0.15) is 5.10 Å². The Kier molecular flexibility index (Phi) is 4.54. The monoisotopic (exact) mass is 304 g/mol. The first kappa shape index (κ1) is 15.2. The number of aryl methyl sites for hydroxylation is 1. The molecule has 7 nitrogen and oxygen atoms in total. The molecule has 0 aromatic carbocycles. The van der Waals surface area contributed by atoms with Crippen LogP contribution in [-0.2, 0) is 24.9 Å². The number of nitrogens with zero attached hydrogens (tertiary/aromatic N) is 6. The highest BCUT2D eigenvalue weighted by molar-refractivity contribution is 5.04. The predicted octanol–water partition coefficient (Wildman–Crippen LogP) is 1.24. The van der Waals surface area contributed by atoms with Gasteiger partial charge in [0, 0.05) is 45.0 Å². The molecular weight excluding hydrogens is 280 g/mol. The zero-order valence-electron chi connectivity index (χ0n) is 13.5. The van der Waals surface area contributed by atoms with E-state index in [4.69, 9.17) is 4.74 Å². The van der Waals surface area contributed by atoms with Crippen LogP contribution in [0.1, 0.15) is 31.3 Å². The number of aromatic nitrogens is 5. The Hall–Kier alpha value is -1.73. The van der Waals surface area contributed by atoms with Gasteiger partial charge in [-0.3, -0.25) is 9.58 Å². The zero-order valence-corrected chi connectivity index (χ0v) is 13.5. The van der Waals surface area contributed by atoms with Gasteiger partial charge in [0.05, 0.1) is 12.8 Å². The molecule has 0 spiro atoms. The first-order chi connectivity index (χ1) is 10.6. The molecule has 2 aromatic rings. The summed E-state index contributed by atoms with van der Waals surface area (Å²) < 4.78 is 9.80. The van der Waals surface area contributed by atoms with E-state index in [1.165, 1.54) is 5.56 Å². The topological polar surface area (TPSA) is 61.0 Å². The number of morpholine rings is 1. The summed E-state index contributed by atoms with van der Waals surface area (Å²) in [6, 6.07) is 0. The van der Waals surface area contributed by atoms with Crippen molar-refractivity contribution in [3.63, 3.8) is 0 Å². The highest BCUT2D eigenvalue weighted by atomic mass is 16.5. The molecule has 1 atom stereocenters. The Bertz CT molecular complexity index is 605. The van der Waals surface area contributed by atoms with Crippen molar-refractivity contribution in [2.24, 2.45) is 13.0 Å². The van der Waals surface area contributed by atoms with Gasteiger partial charge in [-0.05, 0) is 5.92 Å². The second-order valence-corrected chi connectivity index (χ2v) is 6.36. The highest BCUT2D eigenvalue weighted by Crippen LogP contribution is 2.21. The van der Waals surface area contributed by atoms with Gasteiger partial charge in [0.15, 0.2) is 5.82 Å². The molecule has 1 saturated heterocycles. The van der Waals surface area contributed by atoms with Crippen LogP contribution in [0.2, 0.25) is 0 Å². The SMILES string of the molecule is CC(C)Cn1cc(CN2CCOC(c3nncn3C)C2)cn1. The van der Waals surface area contributed by atoms with Crippen LogP contribution in [0.15, 0.2) is 18.7 Å². The minimum absolute atomic E-state index is 0.00745. The van der Waals surface area contributed by atoms with Gasteiger partial charge in [-0.1, -0.05) is 13.8 Å². The van der Waals surface area contributed by atoms with Crippen molar-refractivity contribution in [3.05, 3.63) is 30.1 Å². The molecule has 0 radical (unpaired) electrons. The Morgan fingerprint density at radius 1 is 1.41 bits per heavy atom. The Balaban J connectivity index is 1.61. The molecule has 3 heterocycles. The normalized spacial score (nSPS) is 19.9. The van der Waals surface area contributed by atoms with Crippen molar-refractivity contribution in [1.82, 2.24) is 29.4 Å². The smallest absolute Gasteiger partial charge is 0.163 e. The van der Waals surface area contributed by atoms with Crippen LogP contribution in [0, 0.1) is 5.92 Å². The van der Waals surface area contributed by atoms with E-state index in [0.717, 1.165) is 38.6 Å². The van der Waals surface area contributed by atoms with E-state index >= 15 is 0 Å². The molecule has 0 aliphatic carbocycles. The highest BCUT2D eigenvalue weighted by Gasteiger charge is 2.25. The van der Waals surface area contributed by atoms with Crippen molar-refractivity contribution in [3.8, 4) is 0 Å². The van der Waals surface area contributed by atoms with E-state index in [0.29, 0.717) is 5.92 Å². The fraction of sp³-hybridized carbons (Fsp3) is 0.667. The maximum Gasteiger partial charge on any atom is 0.163 e. The molecule has 0 saturated carbocycles. The molecule has 3 rings (SSSR count). The summed E-state index contributed by atoms with van der Waals surface area (Å²) in [7, 11) is 1.95. The Morgan fingerprint density at radius 2 is 2.27 bits per heavy atom. The number of rotatable bonds is 5. The first-order valence-corrected chi connectivity index (χ1v) is 7.81. The summed E-state index contributed by atoms with van der Waals surface area (Å²) in [6.07, 6.45) is 5.82. The van der Waals surface area contributed by atoms with Gasteiger partial charge in [0.25, 0.3) is 0 Å². The van der Waals surface area contributed by atoms with Crippen molar-refractivity contribution in [2.75, 3.05) is 19.7 Å². The number of hydrogen-bond acceptors (Lipinski definition) is 5. The van der Waals surface area contributed by atoms with E-state index in [-0.39, 0.29) is 6.10 Å². The van der Waals surface area contributed by atoms with Crippen LogP contribution < -0.4 is 0 Å². The quantitative estimate of drug-likeness (QED) is 0.832. The summed E-state index contributed by atoms with van der Waals surface area (Å²) in [4.78, 5) is 2.39. The number of ether oxygens (including phenoxy) is 1. The fourth-order valence-electron chi connectivity index (χ4n) is 2.81. The van der Waals surface area contributed by atoms with Crippen LogP contribution in [0.4, 0.5) is 0 Å². The van der Waals surface area contributed by atoms with E-state index in [2.05, 4.69) is 40.2 Å². The van der Waals surface area contributed by atoms with Crippen LogP contribution in [0.25, 0.3) is 0 Å². The van der Waals surface area contributed by atoms with Crippen molar-refractivity contribution in [2.45, 2.75) is 33.0 Å². The average Bonchev–Trinajstić information content (AvgIpc) is 3.08. The lowest BCUT2D eigenvalue weighted by molar-refractivity contribution is -0.0385. The molecule has 0 amide bonds. The third-order valence-electron chi connectivity index (χ3n) is 3.83. The molecule has 2 aromatic heterocycles. The van der Waals surface area contributed by atoms with E-state index < -0.39 is 0 Å². The van der Waals surface area contributed by atoms with Crippen LogP contribution >= 0.6 is 0 Å². The molecule has 1 fully saturated rings. The zero-order chi connectivity index (χ0) is 15.5. The van der Waals surface area contributed by atoms with Crippen molar-refractivity contribution >= 4 is 0 Å². The largest absolute Gasteiger partial charge is 0.368 e. The standard InChI is InChI=1S/C15H24N6O/c1-12(2)7-21-9-13(6-17-21)8-20-4-5-22-14(10-20)15-18-16-11-19(15)3/h6,9,11-12,14H,4-5,7-8,10H2,1-3H3. The van der Waals surface area contributed by atoms with Gasteiger partial charge in [-0.25, -0.2) is 0 Å². The molecule has 1 unspecified atom stereocenters. The summed E-state index contributed by atoms with van der Waals surface area (Å²) in [5, 5.41) is 12.5. The average molecular weight is 304 g/mol. The minimum Gasteiger partial charge on any atom is -0.368 e. The summed E-state index contributed by atoms with van der Waals surface area (Å²) in [6.45, 7) is 8.76. The van der Waals surface area contributed by atoms with Gasteiger partial charge in [0.2, 0.25) is 0 Å². The van der Waals surface area contributed by atoms with Crippen LogP contribution in [-0.4, -0.2) is 49.1 Å². The van der Waals surface area contributed by atoms with Gasteiger partial charge in [0.1, 0.15) is 12.4 Å². The van der Waals surface area contributed by atoms with Crippen molar-refractivity contribution in [1.29, 1.82) is 0 Å². The lowest BCUT2D eigenvalue weighted by Gasteiger charge is -2.31. The fourth-order valence-corrected chi connectivity index (χ4v) is 2.81. The molecular formula is C15H24N6O.